The van der Waals surface area contributed by atoms with Gasteiger partial charge in [0.15, 0.2) is 0 Å². The third-order valence-corrected chi connectivity index (χ3v) is 3.70. The molecule has 7 heteroatoms. The average molecular weight is 346 g/mol. The highest BCUT2D eigenvalue weighted by molar-refractivity contribution is 5.94. The summed E-state index contributed by atoms with van der Waals surface area (Å²) in [6.07, 6.45) is 0.779. The molecule has 0 fully saturated rings. The molecule has 0 saturated carbocycles. The Balaban J connectivity index is 1.97. The van der Waals surface area contributed by atoms with E-state index in [0.29, 0.717) is 6.42 Å². The van der Waals surface area contributed by atoms with E-state index in [1.807, 2.05) is 30.3 Å². The van der Waals surface area contributed by atoms with Gasteiger partial charge in [0.2, 0.25) is 0 Å². The predicted octanol–water partition coefficient (Wildman–Crippen LogP) is 1.68. The molecule has 0 aliphatic carbocycles. The van der Waals surface area contributed by atoms with Crippen LogP contribution in [0.4, 0.5) is 4.79 Å². The molecule has 0 spiro atoms. The van der Waals surface area contributed by atoms with E-state index in [4.69, 9.17) is 9.47 Å². The standard InChI is InChI=1S/C18H22N2O5/c1-3-24-17(22)16-12(2)19-18(23)20-14(16)11-25-15(21)10-9-13-7-5-4-6-8-13/h4-8,12H,3,9-11H2,1-2H3,(H2,19,20,23)/t12-/m1/s1. The van der Waals surface area contributed by atoms with Gasteiger partial charge in [-0.05, 0) is 25.8 Å². The summed E-state index contributed by atoms with van der Waals surface area (Å²) in [6.45, 7) is 3.40. The maximum atomic E-state index is 12.1. The van der Waals surface area contributed by atoms with Crippen LogP contribution in [0.15, 0.2) is 41.6 Å². The first-order valence-electron chi connectivity index (χ1n) is 8.18. The number of amides is 2. The molecule has 1 aliphatic rings. The Labute approximate surface area is 146 Å². The number of hydrogen-bond acceptors (Lipinski definition) is 5. The van der Waals surface area contributed by atoms with Crippen molar-refractivity contribution in [2.45, 2.75) is 32.7 Å². The van der Waals surface area contributed by atoms with E-state index < -0.39 is 24.0 Å². The number of esters is 2. The molecular weight excluding hydrogens is 324 g/mol. The average Bonchev–Trinajstić information content (AvgIpc) is 2.58. The van der Waals surface area contributed by atoms with Crippen LogP contribution in [0.3, 0.4) is 0 Å². The van der Waals surface area contributed by atoms with E-state index in [2.05, 4.69) is 10.6 Å². The van der Waals surface area contributed by atoms with Crippen molar-refractivity contribution in [3.05, 3.63) is 47.2 Å². The van der Waals surface area contributed by atoms with Crippen LogP contribution in [0.2, 0.25) is 0 Å². The topological polar surface area (TPSA) is 93.7 Å². The summed E-state index contributed by atoms with van der Waals surface area (Å²) in [5.41, 5.74) is 1.55. The number of rotatable bonds is 7. The SMILES string of the molecule is CCOC(=O)C1=C(COC(=O)CCc2ccccc2)NC(=O)N[C@@H]1C. The molecule has 1 heterocycles. The van der Waals surface area contributed by atoms with Crippen molar-refractivity contribution < 1.29 is 23.9 Å². The summed E-state index contributed by atoms with van der Waals surface area (Å²) in [6, 6.07) is 8.62. The Hall–Kier alpha value is -2.83. The van der Waals surface area contributed by atoms with E-state index >= 15 is 0 Å². The molecule has 0 unspecified atom stereocenters. The third-order valence-electron chi connectivity index (χ3n) is 3.70. The second kappa shape index (κ2) is 8.86. The minimum absolute atomic E-state index is 0.181. The number of nitrogens with one attached hydrogen (secondary N) is 2. The van der Waals surface area contributed by atoms with E-state index in [-0.39, 0.29) is 30.9 Å². The highest BCUT2D eigenvalue weighted by atomic mass is 16.5. The number of aryl methyl sites for hydroxylation is 1. The summed E-state index contributed by atoms with van der Waals surface area (Å²) in [7, 11) is 0. The summed E-state index contributed by atoms with van der Waals surface area (Å²) < 4.78 is 10.2. The van der Waals surface area contributed by atoms with Crippen LogP contribution in [0.25, 0.3) is 0 Å². The Morgan fingerprint density at radius 1 is 1.16 bits per heavy atom. The monoisotopic (exact) mass is 346 g/mol. The summed E-state index contributed by atoms with van der Waals surface area (Å²) >= 11 is 0. The zero-order chi connectivity index (χ0) is 18.2. The highest BCUT2D eigenvalue weighted by Gasteiger charge is 2.30. The van der Waals surface area contributed by atoms with Crippen molar-refractivity contribution in [2.24, 2.45) is 0 Å². The lowest BCUT2D eigenvalue weighted by Crippen LogP contribution is -2.50. The highest BCUT2D eigenvalue weighted by Crippen LogP contribution is 2.15. The second-order valence-corrected chi connectivity index (χ2v) is 5.58. The minimum Gasteiger partial charge on any atom is -0.463 e. The fourth-order valence-electron chi connectivity index (χ4n) is 2.51. The smallest absolute Gasteiger partial charge is 0.338 e. The molecule has 1 aliphatic heterocycles. The number of carbonyl (C=O) groups excluding carboxylic acids is 3. The van der Waals surface area contributed by atoms with Gasteiger partial charge in [0.25, 0.3) is 0 Å². The molecule has 1 aromatic rings. The van der Waals surface area contributed by atoms with Crippen molar-refractivity contribution in [3.8, 4) is 0 Å². The lowest BCUT2D eigenvalue weighted by molar-refractivity contribution is -0.143. The van der Waals surface area contributed by atoms with Gasteiger partial charge in [-0.25, -0.2) is 9.59 Å². The quantitative estimate of drug-likeness (QED) is 0.733. The number of ether oxygens (including phenoxy) is 2. The van der Waals surface area contributed by atoms with Crippen molar-refractivity contribution in [3.63, 3.8) is 0 Å². The van der Waals surface area contributed by atoms with Gasteiger partial charge in [0.1, 0.15) is 6.61 Å². The molecule has 2 N–H and O–H groups in total. The van der Waals surface area contributed by atoms with Crippen LogP contribution in [-0.2, 0) is 25.5 Å². The minimum atomic E-state index is -0.544. The molecule has 0 radical (unpaired) electrons. The van der Waals surface area contributed by atoms with Gasteiger partial charge < -0.3 is 20.1 Å². The Kier molecular flexibility index (Phi) is 6.56. The van der Waals surface area contributed by atoms with E-state index in [0.717, 1.165) is 5.56 Å². The lowest BCUT2D eigenvalue weighted by Gasteiger charge is -2.26. The molecule has 2 amide bonds. The van der Waals surface area contributed by atoms with E-state index in [1.54, 1.807) is 13.8 Å². The van der Waals surface area contributed by atoms with Gasteiger partial charge in [-0.1, -0.05) is 30.3 Å². The molecule has 0 aromatic heterocycles. The van der Waals surface area contributed by atoms with Gasteiger partial charge in [-0.2, -0.15) is 0 Å². The second-order valence-electron chi connectivity index (χ2n) is 5.58. The predicted molar refractivity (Wildman–Crippen MR) is 90.5 cm³/mol. The zero-order valence-corrected chi connectivity index (χ0v) is 14.3. The number of carbonyl (C=O) groups is 3. The first-order valence-corrected chi connectivity index (χ1v) is 8.18. The maximum absolute atomic E-state index is 12.1. The van der Waals surface area contributed by atoms with E-state index in [9.17, 15) is 14.4 Å². The lowest BCUT2D eigenvalue weighted by atomic mass is 10.0. The maximum Gasteiger partial charge on any atom is 0.338 e. The molecule has 0 saturated heterocycles. The van der Waals surface area contributed by atoms with Gasteiger partial charge in [0, 0.05) is 6.42 Å². The first kappa shape index (κ1) is 18.5. The van der Waals surface area contributed by atoms with Crippen molar-refractivity contribution >= 4 is 18.0 Å². The van der Waals surface area contributed by atoms with Crippen molar-refractivity contribution in [2.75, 3.05) is 13.2 Å². The number of urea groups is 1. The van der Waals surface area contributed by atoms with Crippen LogP contribution in [-0.4, -0.2) is 37.2 Å². The number of benzene rings is 1. The summed E-state index contributed by atoms with van der Waals surface area (Å²) in [4.78, 5) is 35.6. The number of hydrogen-bond donors (Lipinski definition) is 2. The molecule has 1 atom stereocenters. The normalized spacial score (nSPS) is 16.7. The van der Waals surface area contributed by atoms with Crippen LogP contribution in [0.1, 0.15) is 25.8 Å². The van der Waals surface area contributed by atoms with Gasteiger partial charge in [-0.15, -0.1) is 0 Å². The molecule has 0 bridgehead atoms. The van der Waals surface area contributed by atoms with Gasteiger partial charge in [0.05, 0.1) is 23.9 Å². The van der Waals surface area contributed by atoms with Crippen molar-refractivity contribution in [1.29, 1.82) is 0 Å². The van der Waals surface area contributed by atoms with Crippen LogP contribution < -0.4 is 10.6 Å². The first-order chi connectivity index (χ1) is 12.0. The van der Waals surface area contributed by atoms with Crippen LogP contribution in [0.5, 0.6) is 0 Å². The molecule has 7 nitrogen and oxygen atoms in total. The largest absolute Gasteiger partial charge is 0.463 e. The van der Waals surface area contributed by atoms with E-state index in [1.165, 1.54) is 0 Å². The van der Waals surface area contributed by atoms with Crippen LogP contribution in [0, 0.1) is 0 Å². The summed E-state index contributed by atoms with van der Waals surface area (Å²) in [5, 5.41) is 5.10. The Bertz CT molecular complexity index is 669. The summed E-state index contributed by atoms with van der Waals surface area (Å²) in [5.74, 6) is -0.946. The Morgan fingerprint density at radius 2 is 1.88 bits per heavy atom. The Morgan fingerprint density at radius 3 is 2.56 bits per heavy atom. The third kappa shape index (κ3) is 5.34. The van der Waals surface area contributed by atoms with Crippen molar-refractivity contribution in [1.82, 2.24) is 10.6 Å². The fraction of sp³-hybridized carbons (Fsp3) is 0.389. The molecule has 1 aromatic carbocycles. The van der Waals surface area contributed by atoms with Gasteiger partial charge in [-0.3, -0.25) is 4.79 Å². The van der Waals surface area contributed by atoms with Gasteiger partial charge >= 0.3 is 18.0 Å². The fourth-order valence-corrected chi connectivity index (χ4v) is 2.51. The molecular formula is C18H22N2O5. The molecule has 25 heavy (non-hydrogen) atoms. The molecule has 2 rings (SSSR count). The molecule has 134 valence electrons. The zero-order valence-electron chi connectivity index (χ0n) is 14.3. The van der Waals surface area contributed by atoms with Crippen LogP contribution >= 0.6 is 0 Å².